The lowest BCUT2D eigenvalue weighted by molar-refractivity contribution is 0.0901. The van der Waals surface area contributed by atoms with Crippen molar-refractivity contribution in [3.05, 3.63) is 60.6 Å². The molecule has 170 valence electrons. The van der Waals surface area contributed by atoms with Crippen LogP contribution in [0, 0.1) is 0 Å². The summed E-state index contributed by atoms with van der Waals surface area (Å²) in [7, 11) is 1.82. The van der Waals surface area contributed by atoms with Crippen molar-refractivity contribution < 1.29 is 9.21 Å². The molecule has 0 aliphatic carbocycles. The van der Waals surface area contributed by atoms with E-state index in [0.29, 0.717) is 11.5 Å². The number of carbonyl (C=O) groups is 1. The molecule has 1 saturated heterocycles. The van der Waals surface area contributed by atoms with Crippen molar-refractivity contribution in [1.29, 1.82) is 0 Å². The molecule has 9 heteroatoms. The number of nitrogens with one attached hydrogen (secondary N) is 1. The fourth-order valence-corrected chi connectivity index (χ4v) is 4.27. The minimum absolute atomic E-state index is 0.0167. The van der Waals surface area contributed by atoms with Crippen molar-refractivity contribution in [2.75, 3.05) is 37.6 Å². The van der Waals surface area contributed by atoms with E-state index in [-0.39, 0.29) is 11.9 Å². The maximum absolute atomic E-state index is 12.9. The van der Waals surface area contributed by atoms with Crippen LogP contribution in [-0.4, -0.2) is 69.3 Å². The molecule has 1 atom stereocenters. The quantitative estimate of drug-likeness (QED) is 0.488. The first kappa shape index (κ1) is 21.1. The van der Waals surface area contributed by atoms with Gasteiger partial charge in [0, 0.05) is 69.8 Å². The first-order chi connectivity index (χ1) is 16.1. The molecule has 0 spiro atoms. The van der Waals surface area contributed by atoms with Gasteiger partial charge >= 0.3 is 0 Å². The van der Waals surface area contributed by atoms with E-state index in [9.17, 15) is 4.79 Å². The van der Waals surface area contributed by atoms with E-state index in [1.165, 1.54) is 0 Å². The number of amides is 1. The van der Waals surface area contributed by atoms with Crippen LogP contribution in [0.3, 0.4) is 0 Å². The first-order valence-electron chi connectivity index (χ1n) is 11.2. The van der Waals surface area contributed by atoms with E-state index in [2.05, 4.69) is 30.2 Å². The smallest absolute Gasteiger partial charge is 0.287 e. The first-order valence-corrected chi connectivity index (χ1v) is 11.2. The fraction of sp³-hybridized carbons (Fsp3) is 0.333. The van der Waals surface area contributed by atoms with Gasteiger partial charge in [-0.1, -0.05) is 30.3 Å². The van der Waals surface area contributed by atoms with E-state index in [1.54, 1.807) is 23.1 Å². The molecule has 1 aliphatic rings. The maximum Gasteiger partial charge on any atom is 0.287 e. The Morgan fingerprint density at radius 1 is 1.09 bits per heavy atom. The molecule has 9 nitrogen and oxygen atoms in total. The van der Waals surface area contributed by atoms with E-state index in [1.807, 2.05) is 50.4 Å². The van der Waals surface area contributed by atoms with Gasteiger partial charge in [0.2, 0.25) is 11.7 Å². The lowest BCUT2D eigenvalue weighted by Crippen LogP contribution is -2.51. The van der Waals surface area contributed by atoms with Gasteiger partial charge in [-0.05, 0) is 13.0 Å². The van der Waals surface area contributed by atoms with Crippen LogP contribution in [-0.2, 0) is 7.05 Å². The van der Waals surface area contributed by atoms with Gasteiger partial charge in [-0.25, -0.2) is 14.6 Å². The third-order valence-electron chi connectivity index (χ3n) is 5.90. The third kappa shape index (κ3) is 4.45. The highest BCUT2D eigenvalue weighted by molar-refractivity contribution is 5.99. The molecule has 33 heavy (non-hydrogen) atoms. The number of aromatic nitrogens is 4. The highest BCUT2D eigenvalue weighted by atomic mass is 16.4. The van der Waals surface area contributed by atoms with Gasteiger partial charge in [-0.3, -0.25) is 9.69 Å². The second-order valence-corrected chi connectivity index (χ2v) is 8.38. The molecule has 3 aromatic heterocycles. The Kier molecular flexibility index (Phi) is 5.78. The van der Waals surface area contributed by atoms with Crippen molar-refractivity contribution in [1.82, 2.24) is 30.0 Å². The molecule has 5 rings (SSSR count). The van der Waals surface area contributed by atoms with Crippen molar-refractivity contribution in [3.8, 4) is 11.3 Å². The predicted octanol–water partition coefficient (Wildman–Crippen LogP) is 2.56. The summed E-state index contributed by atoms with van der Waals surface area (Å²) in [6.45, 7) is 6.31. The second kappa shape index (κ2) is 9.03. The zero-order chi connectivity index (χ0) is 22.8. The number of furan rings is 1. The Hall–Kier alpha value is -3.72. The predicted molar refractivity (Wildman–Crippen MR) is 126 cm³/mol. The largest absolute Gasteiger partial charge is 0.433 e. The summed E-state index contributed by atoms with van der Waals surface area (Å²) >= 11 is 0. The molecular weight excluding hydrogens is 418 g/mol. The van der Waals surface area contributed by atoms with Crippen LogP contribution in [0.25, 0.3) is 22.4 Å². The fourth-order valence-electron chi connectivity index (χ4n) is 4.27. The molecule has 4 aromatic rings. The van der Waals surface area contributed by atoms with Crippen molar-refractivity contribution in [2.45, 2.75) is 13.0 Å². The number of benzene rings is 1. The highest BCUT2D eigenvalue weighted by Crippen LogP contribution is 2.30. The van der Waals surface area contributed by atoms with Crippen LogP contribution in [0.2, 0.25) is 0 Å². The van der Waals surface area contributed by atoms with E-state index in [4.69, 9.17) is 4.42 Å². The van der Waals surface area contributed by atoms with Gasteiger partial charge in [0.05, 0.1) is 5.39 Å². The third-order valence-corrected chi connectivity index (χ3v) is 5.90. The van der Waals surface area contributed by atoms with Crippen molar-refractivity contribution in [2.24, 2.45) is 7.05 Å². The lowest BCUT2D eigenvalue weighted by atomic mass is 10.1. The number of hydrogen-bond acceptors (Lipinski definition) is 7. The van der Waals surface area contributed by atoms with Crippen molar-refractivity contribution in [3.63, 3.8) is 0 Å². The number of anilines is 1. The molecule has 1 aromatic carbocycles. The van der Waals surface area contributed by atoms with Crippen LogP contribution < -0.4 is 10.2 Å². The molecule has 4 heterocycles. The summed E-state index contributed by atoms with van der Waals surface area (Å²) < 4.78 is 7.55. The minimum Gasteiger partial charge on any atom is -0.433 e. The monoisotopic (exact) mass is 445 g/mol. The second-order valence-electron chi connectivity index (χ2n) is 8.38. The zero-order valence-electron chi connectivity index (χ0n) is 18.8. The van der Waals surface area contributed by atoms with Gasteiger partial charge in [0.15, 0.2) is 5.76 Å². The van der Waals surface area contributed by atoms with Gasteiger partial charge in [0.1, 0.15) is 5.69 Å². The summed E-state index contributed by atoms with van der Waals surface area (Å²) in [4.78, 5) is 26.1. The summed E-state index contributed by atoms with van der Waals surface area (Å²) in [5.41, 5.74) is 2.39. The molecule has 0 bridgehead atoms. The normalized spacial score (nSPS) is 15.6. The summed E-state index contributed by atoms with van der Waals surface area (Å²) in [5.74, 6) is 0.856. The number of carbonyl (C=O) groups excluding carboxylic acids is 1. The van der Waals surface area contributed by atoms with E-state index >= 15 is 0 Å². The van der Waals surface area contributed by atoms with E-state index in [0.717, 1.165) is 55.3 Å². The topological polar surface area (TPSA) is 92.3 Å². The number of piperazine rings is 1. The van der Waals surface area contributed by atoms with Gasteiger partial charge in [-0.15, -0.1) is 0 Å². The lowest BCUT2D eigenvalue weighted by Gasteiger charge is -2.35. The van der Waals surface area contributed by atoms with Crippen LogP contribution >= 0.6 is 0 Å². The van der Waals surface area contributed by atoms with Gasteiger partial charge in [0.25, 0.3) is 5.91 Å². The Labute approximate surface area is 192 Å². The van der Waals surface area contributed by atoms with Crippen molar-refractivity contribution >= 4 is 23.0 Å². The Balaban J connectivity index is 1.20. The minimum atomic E-state index is -0.214. The Morgan fingerprint density at radius 3 is 2.55 bits per heavy atom. The SMILES string of the molecule is CC(CN1CCN(c2ncccn2)CC1)NC(=O)c1cc2c(-c3ccccc3)nn(C)c2o1. The van der Waals surface area contributed by atoms with Gasteiger partial charge < -0.3 is 14.6 Å². The summed E-state index contributed by atoms with van der Waals surface area (Å²) in [5, 5.41) is 8.47. The standard InChI is InChI=1S/C24H27N7O2/c1-17(16-30-11-13-31(14-12-30)24-25-9-6-10-26-24)27-22(32)20-15-19-21(18-7-4-3-5-8-18)28-29(2)23(19)33-20/h3-10,15,17H,11-14,16H2,1-2H3,(H,27,32). The maximum atomic E-state index is 12.9. The number of fused-ring (bicyclic) bond motifs is 1. The van der Waals surface area contributed by atoms with E-state index < -0.39 is 0 Å². The highest BCUT2D eigenvalue weighted by Gasteiger charge is 2.23. The number of hydrogen-bond donors (Lipinski definition) is 1. The molecule has 1 fully saturated rings. The molecule has 1 aliphatic heterocycles. The Morgan fingerprint density at radius 2 is 1.82 bits per heavy atom. The summed E-state index contributed by atoms with van der Waals surface area (Å²) in [6, 6.07) is 13.5. The average molecular weight is 446 g/mol. The van der Waals surface area contributed by atoms with Crippen LogP contribution in [0.4, 0.5) is 5.95 Å². The molecule has 0 saturated carbocycles. The molecule has 1 N–H and O–H groups in total. The Bertz CT molecular complexity index is 1230. The molecule has 1 amide bonds. The molecular formula is C24H27N7O2. The number of aryl methyl sites for hydroxylation is 1. The van der Waals surface area contributed by atoms with Crippen LogP contribution in [0.1, 0.15) is 17.5 Å². The molecule has 1 unspecified atom stereocenters. The number of rotatable bonds is 6. The average Bonchev–Trinajstić information content (AvgIpc) is 3.41. The zero-order valence-corrected chi connectivity index (χ0v) is 18.8. The van der Waals surface area contributed by atoms with Crippen LogP contribution in [0.5, 0.6) is 0 Å². The molecule has 0 radical (unpaired) electrons. The van der Waals surface area contributed by atoms with Crippen LogP contribution in [0.15, 0.2) is 59.3 Å². The number of nitrogens with zero attached hydrogens (tertiary/aromatic N) is 6. The summed E-state index contributed by atoms with van der Waals surface area (Å²) in [6.07, 6.45) is 3.53. The van der Waals surface area contributed by atoms with Gasteiger partial charge in [-0.2, -0.15) is 5.10 Å².